The Morgan fingerprint density at radius 2 is 2.21 bits per heavy atom. The highest BCUT2D eigenvalue weighted by atomic mass is 19.1. The van der Waals surface area contributed by atoms with Crippen LogP contribution in [0.25, 0.3) is 0 Å². The quantitative estimate of drug-likeness (QED) is 0.599. The third-order valence-corrected chi connectivity index (χ3v) is 3.21. The fraction of sp³-hybridized carbons (Fsp3) is 0.462. The van der Waals surface area contributed by atoms with Crippen molar-refractivity contribution in [2.45, 2.75) is 25.3 Å². The second-order valence-corrected chi connectivity index (χ2v) is 4.40. The summed E-state index contributed by atoms with van der Waals surface area (Å²) in [7, 11) is 1.30. The van der Waals surface area contributed by atoms with Gasteiger partial charge in [0.15, 0.2) is 0 Å². The standard InChI is InChI=1S/C13H15FN2O3/c1-19-13(18)10-4-2-3-7-16(10)12(17)9-5-6-11(14)15-8-9/h5-6,8,10H,2-4,7H2,1H3. The molecule has 5 nitrogen and oxygen atoms in total. The number of amides is 1. The number of esters is 1. The zero-order valence-corrected chi connectivity index (χ0v) is 10.6. The first-order chi connectivity index (χ1) is 9.13. The first-order valence-corrected chi connectivity index (χ1v) is 6.14. The zero-order valence-electron chi connectivity index (χ0n) is 10.6. The molecule has 1 fully saturated rings. The third kappa shape index (κ3) is 2.89. The SMILES string of the molecule is COC(=O)C1CCCCN1C(=O)c1ccc(F)nc1. The molecule has 1 saturated heterocycles. The fourth-order valence-corrected chi connectivity index (χ4v) is 2.22. The van der Waals surface area contributed by atoms with E-state index in [-0.39, 0.29) is 11.5 Å². The number of rotatable bonds is 2. The number of ether oxygens (including phenoxy) is 1. The van der Waals surface area contributed by atoms with Crippen LogP contribution in [0.5, 0.6) is 0 Å². The van der Waals surface area contributed by atoms with Crippen LogP contribution in [0.1, 0.15) is 29.6 Å². The molecule has 0 spiro atoms. The number of halogens is 1. The largest absolute Gasteiger partial charge is 0.467 e. The van der Waals surface area contributed by atoms with Gasteiger partial charge in [0.25, 0.3) is 5.91 Å². The molecule has 1 aromatic rings. The van der Waals surface area contributed by atoms with Crippen molar-refractivity contribution in [2.75, 3.05) is 13.7 Å². The summed E-state index contributed by atoms with van der Waals surface area (Å²) >= 11 is 0. The maximum atomic E-state index is 12.7. The van der Waals surface area contributed by atoms with Gasteiger partial charge in [-0.2, -0.15) is 4.39 Å². The molecular weight excluding hydrogens is 251 g/mol. The van der Waals surface area contributed by atoms with Gasteiger partial charge in [-0.1, -0.05) is 0 Å². The number of methoxy groups -OCH3 is 1. The van der Waals surface area contributed by atoms with Crippen molar-refractivity contribution in [1.82, 2.24) is 9.88 Å². The van der Waals surface area contributed by atoms with E-state index in [2.05, 4.69) is 4.98 Å². The average molecular weight is 266 g/mol. The summed E-state index contributed by atoms with van der Waals surface area (Å²) in [4.78, 5) is 28.9. The molecule has 1 aromatic heterocycles. The minimum Gasteiger partial charge on any atom is -0.467 e. The maximum Gasteiger partial charge on any atom is 0.328 e. The minimum atomic E-state index is -0.639. The van der Waals surface area contributed by atoms with Gasteiger partial charge in [0.2, 0.25) is 5.95 Å². The van der Waals surface area contributed by atoms with Gasteiger partial charge in [0.1, 0.15) is 6.04 Å². The Morgan fingerprint density at radius 3 is 2.84 bits per heavy atom. The molecule has 19 heavy (non-hydrogen) atoms. The summed E-state index contributed by atoms with van der Waals surface area (Å²) in [6, 6.07) is 1.94. The minimum absolute atomic E-state index is 0.275. The van der Waals surface area contributed by atoms with Gasteiger partial charge in [-0.25, -0.2) is 9.78 Å². The number of pyridine rings is 1. The number of carbonyl (C=O) groups is 2. The van der Waals surface area contributed by atoms with Gasteiger partial charge in [0.05, 0.1) is 12.7 Å². The Morgan fingerprint density at radius 1 is 1.42 bits per heavy atom. The molecule has 0 N–H and O–H groups in total. The molecule has 2 rings (SSSR count). The van der Waals surface area contributed by atoms with E-state index < -0.39 is 18.0 Å². The molecule has 0 aromatic carbocycles. The Bertz CT molecular complexity index is 475. The first kappa shape index (κ1) is 13.5. The number of aromatic nitrogens is 1. The number of hydrogen-bond donors (Lipinski definition) is 0. The van der Waals surface area contributed by atoms with Crippen LogP contribution in [0.4, 0.5) is 4.39 Å². The highest BCUT2D eigenvalue weighted by Gasteiger charge is 2.33. The number of hydrogen-bond acceptors (Lipinski definition) is 4. The molecule has 6 heteroatoms. The Kier molecular flexibility index (Phi) is 4.09. The van der Waals surface area contributed by atoms with E-state index in [1.54, 1.807) is 0 Å². The number of nitrogens with zero attached hydrogens (tertiary/aromatic N) is 2. The van der Waals surface area contributed by atoms with Gasteiger partial charge in [-0.05, 0) is 31.4 Å². The van der Waals surface area contributed by atoms with Crippen molar-refractivity contribution in [2.24, 2.45) is 0 Å². The summed E-state index contributed by atoms with van der Waals surface area (Å²) in [5.74, 6) is -1.37. The number of piperidine rings is 1. The van der Waals surface area contributed by atoms with E-state index in [1.807, 2.05) is 0 Å². The second-order valence-electron chi connectivity index (χ2n) is 4.40. The van der Waals surface area contributed by atoms with Gasteiger partial charge in [-0.3, -0.25) is 4.79 Å². The lowest BCUT2D eigenvalue weighted by molar-refractivity contribution is -0.147. The van der Waals surface area contributed by atoms with Crippen molar-refractivity contribution >= 4 is 11.9 Å². The van der Waals surface area contributed by atoms with E-state index >= 15 is 0 Å². The molecular formula is C13H15FN2O3. The molecule has 1 unspecified atom stereocenters. The van der Waals surface area contributed by atoms with Crippen LogP contribution in [0.15, 0.2) is 18.3 Å². The van der Waals surface area contributed by atoms with E-state index in [9.17, 15) is 14.0 Å². The summed E-state index contributed by atoms with van der Waals surface area (Å²) in [6.45, 7) is 0.496. The van der Waals surface area contributed by atoms with Crippen molar-refractivity contribution in [1.29, 1.82) is 0 Å². The lowest BCUT2D eigenvalue weighted by Gasteiger charge is -2.33. The molecule has 1 aliphatic heterocycles. The van der Waals surface area contributed by atoms with Crippen LogP contribution in [-0.4, -0.2) is 41.5 Å². The van der Waals surface area contributed by atoms with Gasteiger partial charge in [0, 0.05) is 12.7 Å². The zero-order chi connectivity index (χ0) is 13.8. The van der Waals surface area contributed by atoms with Crippen LogP contribution in [0.3, 0.4) is 0 Å². The second kappa shape index (κ2) is 5.77. The summed E-state index contributed by atoms with van der Waals surface area (Å²) in [5, 5.41) is 0. The normalized spacial score (nSPS) is 19.1. The van der Waals surface area contributed by atoms with Crippen molar-refractivity contribution in [3.63, 3.8) is 0 Å². The fourth-order valence-electron chi connectivity index (χ4n) is 2.22. The molecule has 1 atom stereocenters. The first-order valence-electron chi connectivity index (χ1n) is 6.14. The van der Waals surface area contributed by atoms with E-state index in [0.717, 1.165) is 18.9 Å². The van der Waals surface area contributed by atoms with Crippen molar-refractivity contribution in [3.8, 4) is 0 Å². The maximum absolute atomic E-state index is 12.7. The lowest BCUT2D eigenvalue weighted by atomic mass is 10.0. The molecule has 2 heterocycles. The number of carbonyl (C=O) groups excluding carboxylic acids is 2. The summed E-state index contributed by atoms with van der Waals surface area (Å²) in [6.07, 6.45) is 3.49. The van der Waals surface area contributed by atoms with E-state index in [1.165, 1.54) is 24.3 Å². The molecule has 1 amide bonds. The molecule has 0 bridgehead atoms. The Balaban J connectivity index is 2.20. The molecule has 1 aliphatic rings. The predicted octanol–water partition coefficient (Wildman–Crippen LogP) is 1.39. The topological polar surface area (TPSA) is 59.5 Å². The Hall–Kier alpha value is -1.98. The number of likely N-dealkylation sites (tertiary alicyclic amines) is 1. The van der Waals surface area contributed by atoms with Crippen LogP contribution in [0, 0.1) is 5.95 Å². The molecule has 0 aliphatic carbocycles. The van der Waals surface area contributed by atoms with Gasteiger partial charge in [-0.15, -0.1) is 0 Å². The van der Waals surface area contributed by atoms with Crippen LogP contribution < -0.4 is 0 Å². The van der Waals surface area contributed by atoms with E-state index in [4.69, 9.17) is 4.74 Å². The van der Waals surface area contributed by atoms with Crippen LogP contribution in [-0.2, 0) is 9.53 Å². The molecule has 102 valence electrons. The lowest BCUT2D eigenvalue weighted by Crippen LogP contribution is -2.48. The smallest absolute Gasteiger partial charge is 0.328 e. The molecule has 0 saturated carbocycles. The van der Waals surface area contributed by atoms with Gasteiger partial charge < -0.3 is 9.64 Å². The summed E-state index contributed by atoms with van der Waals surface area (Å²) in [5.41, 5.74) is 0.275. The molecule has 0 radical (unpaired) electrons. The highest BCUT2D eigenvalue weighted by Crippen LogP contribution is 2.20. The third-order valence-electron chi connectivity index (χ3n) is 3.21. The van der Waals surface area contributed by atoms with Crippen LogP contribution >= 0.6 is 0 Å². The predicted molar refractivity (Wildman–Crippen MR) is 64.9 cm³/mol. The summed E-state index contributed by atoms with van der Waals surface area (Å²) < 4.78 is 17.5. The highest BCUT2D eigenvalue weighted by molar-refractivity contribution is 5.96. The monoisotopic (exact) mass is 266 g/mol. The average Bonchev–Trinajstić information content (AvgIpc) is 2.46. The van der Waals surface area contributed by atoms with Crippen molar-refractivity contribution in [3.05, 3.63) is 29.8 Å². The van der Waals surface area contributed by atoms with Crippen molar-refractivity contribution < 1.29 is 18.7 Å². The van der Waals surface area contributed by atoms with E-state index in [0.29, 0.717) is 13.0 Å². The van der Waals surface area contributed by atoms with Gasteiger partial charge >= 0.3 is 5.97 Å². The van der Waals surface area contributed by atoms with Crippen LogP contribution in [0.2, 0.25) is 0 Å². The Labute approximate surface area is 110 Å².